The van der Waals surface area contributed by atoms with Crippen molar-refractivity contribution in [2.45, 2.75) is 52.1 Å². The minimum Gasteiger partial charge on any atom is -0.354 e. The summed E-state index contributed by atoms with van der Waals surface area (Å²) < 4.78 is 0. The smallest absolute Gasteiger partial charge is 0.243 e. The molecular weight excluding hydrogens is 444 g/mol. The third-order valence-corrected chi connectivity index (χ3v) is 6.24. The second-order valence-electron chi connectivity index (χ2n) is 8.63. The van der Waals surface area contributed by atoms with Gasteiger partial charge in [0.2, 0.25) is 11.8 Å². The van der Waals surface area contributed by atoms with Gasteiger partial charge in [-0.05, 0) is 36.1 Å². The monoisotopic (exact) mass is 476 g/mol. The van der Waals surface area contributed by atoms with Crippen LogP contribution in [-0.2, 0) is 29.0 Å². The molecule has 0 heterocycles. The van der Waals surface area contributed by atoms with E-state index >= 15 is 0 Å². The van der Waals surface area contributed by atoms with E-state index in [0.29, 0.717) is 18.0 Å². The summed E-state index contributed by atoms with van der Waals surface area (Å²) in [6.45, 7) is 4.96. The van der Waals surface area contributed by atoms with Crippen LogP contribution in [0.15, 0.2) is 78.9 Å². The molecule has 2 amide bonds. The summed E-state index contributed by atoms with van der Waals surface area (Å²) in [7, 11) is 0. The summed E-state index contributed by atoms with van der Waals surface area (Å²) in [5.74, 6) is -0.239. The molecule has 3 rings (SSSR count). The van der Waals surface area contributed by atoms with E-state index in [0.717, 1.165) is 35.1 Å². The minimum absolute atomic E-state index is 0.102. The highest BCUT2D eigenvalue weighted by Gasteiger charge is 2.30. The Kier molecular flexibility index (Phi) is 9.72. The molecule has 1 unspecified atom stereocenters. The molecule has 0 spiro atoms. The molecule has 4 nitrogen and oxygen atoms in total. The highest BCUT2D eigenvalue weighted by atomic mass is 35.5. The fraction of sp³-hybridized carbons (Fsp3) is 0.310. The Morgan fingerprint density at radius 2 is 1.59 bits per heavy atom. The molecule has 0 fully saturated rings. The highest BCUT2D eigenvalue weighted by Crippen LogP contribution is 2.21. The number of hydrogen-bond acceptors (Lipinski definition) is 2. The molecule has 5 heteroatoms. The first-order valence-corrected chi connectivity index (χ1v) is 12.3. The molecule has 0 aliphatic heterocycles. The average Bonchev–Trinajstić information content (AvgIpc) is 2.84. The van der Waals surface area contributed by atoms with E-state index in [4.69, 9.17) is 11.6 Å². The van der Waals surface area contributed by atoms with Crippen LogP contribution in [0.5, 0.6) is 0 Å². The third-order valence-electron chi connectivity index (χ3n) is 5.88. The van der Waals surface area contributed by atoms with E-state index in [1.165, 1.54) is 0 Å². The molecule has 0 aromatic heterocycles. The van der Waals surface area contributed by atoms with E-state index in [1.807, 2.05) is 85.8 Å². The van der Waals surface area contributed by atoms with Gasteiger partial charge in [-0.1, -0.05) is 103 Å². The van der Waals surface area contributed by atoms with Gasteiger partial charge in [-0.2, -0.15) is 0 Å². The molecular formula is C29H33ClN2O2. The number of amides is 2. The largest absolute Gasteiger partial charge is 0.354 e. The fourth-order valence-electron chi connectivity index (χ4n) is 3.85. The molecule has 1 N–H and O–H groups in total. The molecule has 0 saturated heterocycles. The summed E-state index contributed by atoms with van der Waals surface area (Å²) in [4.78, 5) is 28.8. The zero-order chi connectivity index (χ0) is 24.3. The Bertz CT molecular complexity index is 1070. The van der Waals surface area contributed by atoms with Crippen LogP contribution < -0.4 is 5.32 Å². The Balaban J connectivity index is 1.94. The van der Waals surface area contributed by atoms with Crippen molar-refractivity contribution >= 4 is 23.4 Å². The molecule has 34 heavy (non-hydrogen) atoms. The van der Waals surface area contributed by atoms with Gasteiger partial charge in [0.1, 0.15) is 6.04 Å². The maximum Gasteiger partial charge on any atom is 0.243 e. The molecule has 3 aromatic carbocycles. The molecule has 1 atom stereocenters. The van der Waals surface area contributed by atoms with Gasteiger partial charge >= 0.3 is 0 Å². The van der Waals surface area contributed by atoms with Crippen molar-refractivity contribution in [3.63, 3.8) is 0 Å². The zero-order valence-corrected chi connectivity index (χ0v) is 20.7. The summed E-state index contributed by atoms with van der Waals surface area (Å²) in [6.07, 6.45) is 2.53. The van der Waals surface area contributed by atoms with Gasteiger partial charge in [0.05, 0.1) is 6.42 Å². The van der Waals surface area contributed by atoms with Crippen LogP contribution in [0.25, 0.3) is 0 Å². The summed E-state index contributed by atoms with van der Waals surface area (Å²) in [6, 6.07) is 24.6. The molecule has 0 saturated carbocycles. The number of unbranched alkanes of at least 4 members (excludes halogenated alkanes) is 1. The van der Waals surface area contributed by atoms with E-state index in [9.17, 15) is 9.59 Å². The topological polar surface area (TPSA) is 49.4 Å². The van der Waals surface area contributed by atoms with Crippen molar-refractivity contribution in [3.05, 3.63) is 106 Å². The molecule has 3 aromatic rings. The Morgan fingerprint density at radius 3 is 2.26 bits per heavy atom. The Hall–Kier alpha value is -3.11. The summed E-state index contributed by atoms with van der Waals surface area (Å²) >= 11 is 6.46. The number of nitrogens with zero attached hydrogens (tertiary/aromatic N) is 1. The van der Waals surface area contributed by atoms with Crippen LogP contribution in [-0.4, -0.2) is 29.3 Å². The number of benzene rings is 3. The summed E-state index contributed by atoms with van der Waals surface area (Å²) in [5, 5.41) is 3.63. The van der Waals surface area contributed by atoms with Crippen LogP contribution in [0.3, 0.4) is 0 Å². The molecule has 0 aliphatic rings. The lowest BCUT2D eigenvalue weighted by Gasteiger charge is -2.32. The number of rotatable bonds is 11. The SMILES string of the molecule is CCCCNC(=O)C(Cc1ccccc1)N(Cc1ccccc1Cl)C(=O)Cc1ccc(C)cc1. The first kappa shape index (κ1) is 25.5. The van der Waals surface area contributed by atoms with Crippen molar-refractivity contribution in [2.75, 3.05) is 6.54 Å². The Morgan fingerprint density at radius 1 is 0.912 bits per heavy atom. The normalized spacial score (nSPS) is 11.6. The van der Waals surface area contributed by atoms with Crippen LogP contribution in [0.1, 0.15) is 42.0 Å². The first-order valence-electron chi connectivity index (χ1n) is 11.9. The van der Waals surface area contributed by atoms with Crippen molar-refractivity contribution in [3.8, 4) is 0 Å². The number of carbonyl (C=O) groups excluding carboxylic acids is 2. The van der Waals surface area contributed by atoms with Crippen LogP contribution in [0.4, 0.5) is 0 Å². The van der Waals surface area contributed by atoms with Gasteiger partial charge in [-0.15, -0.1) is 0 Å². The van der Waals surface area contributed by atoms with Gasteiger partial charge in [-0.25, -0.2) is 0 Å². The number of hydrogen-bond donors (Lipinski definition) is 1. The predicted octanol–water partition coefficient (Wildman–Crippen LogP) is 5.75. The third kappa shape index (κ3) is 7.46. The van der Waals surface area contributed by atoms with Gasteiger partial charge in [0, 0.05) is 24.5 Å². The second kappa shape index (κ2) is 13.0. The Labute approximate surface area is 207 Å². The summed E-state index contributed by atoms with van der Waals surface area (Å²) in [5.41, 5.74) is 3.89. The predicted molar refractivity (Wildman–Crippen MR) is 139 cm³/mol. The standard InChI is InChI=1S/C29H33ClN2O2/c1-3-4-18-31-29(34)27(19-23-10-6-5-7-11-23)32(21-25-12-8-9-13-26(25)30)28(33)20-24-16-14-22(2)15-17-24/h5-17,27H,3-4,18-21H2,1-2H3,(H,31,34). The van der Waals surface area contributed by atoms with Crippen molar-refractivity contribution in [1.82, 2.24) is 10.2 Å². The fourth-order valence-corrected chi connectivity index (χ4v) is 4.05. The molecule has 0 bridgehead atoms. The van der Waals surface area contributed by atoms with Crippen molar-refractivity contribution < 1.29 is 9.59 Å². The van der Waals surface area contributed by atoms with Crippen molar-refractivity contribution in [1.29, 1.82) is 0 Å². The number of carbonyl (C=O) groups is 2. The van der Waals surface area contributed by atoms with E-state index in [-0.39, 0.29) is 24.8 Å². The lowest BCUT2D eigenvalue weighted by molar-refractivity contribution is -0.140. The lowest BCUT2D eigenvalue weighted by atomic mass is 10.0. The van der Waals surface area contributed by atoms with Gasteiger partial charge < -0.3 is 10.2 Å². The molecule has 178 valence electrons. The van der Waals surface area contributed by atoms with Crippen LogP contribution in [0.2, 0.25) is 5.02 Å². The number of aryl methyl sites for hydroxylation is 1. The van der Waals surface area contributed by atoms with E-state index < -0.39 is 6.04 Å². The van der Waals surface area contributed by atoms with Crippen LogP contribution >= 0.6 is 11.6 Å². The number of nitrogens with one attached hydrogen (secondary N) is 1. The second-order valence-corrected chi connectivity index (χ2v) is 9.03. The van der Waals surface area contributed by atoms with Gasteiger partial charge in [0.15, 0.2) is 0 Å². The zero-order valence-electron chi connectivity index (χ0n) is 20.0. The van der Waals surface area contributed by atoms with Crippen molar-refractivity contribution in [2.24, 2.45) is 0 Å². The van der Waals surface area contributed by atoms with Crippen LogP contribution in [0, 0.1) is 6.92 Å². The maximum absolute atomic E-state index is 13.7. The van der Waals surface area contributed by atoms with E-state index in [1.54, 1.807) is 4.90 Å². The van der Waals surface area contributed by atoms with Gasteiger partial charge in [0.25, 0.3) is 0 Å². The molecule has 0 aliphatic carbocycles. The average molecular weight is 477 g/mol. The maximum atomic E-state index is 13.7. The first-order chi connectivity index (χ1) is 16.5. The number of halogens is 1. The lowest BCUT2D eigenvalue weighted by Crippen LogP contribution is -2.51. The highest BCUT2D eigenvalue weighted by molar-refractivity contribution is 6.31. The van der Waals surface area contributed by atoms with E-state index in [2.05, 4.69) is 12.2 Å². The quantitative estimate of drug-likeness (QED) is 0.358. The molecule has 0 radical (unpaired) electrons. The minimum atomic E-state index is -0.645. The van der Waals surface area contributed by atoms with Gasteiger partial charge in [-0.3, -0.25) is 9.59 Å².